The first-order chi connectivity index (χ1) is 8.74. The van der Waals surface area contributed by atoms with E-state index >= 15 is 0 Å². The number of anilines is 1. The topological polar surface area (TPSA) is 109 Å². The van der Waals surface area contributed by atoms with Crippen LogP contribution in [0.1, 0.15) is 19.3 Å². The molecule has 2 aromatic heterocycles. The average molecular weight is 246 g/mol. The highest BCUT2D eigenvalue weighted by molar-refractivity contribution is 5.77. The second-order valence-corrected chi connectivity index (χ2v) is 4.42. The lowest BCUT2D eigenvalue weighted by Crippen LogP contribution is -2.31. The van der Waals surface area contributed by atoms with Crippen molar-refractivity contribution in [1.82, 2.24) is 25.3 Å². The van der Waals surface area contributed by atoms with Crippen LogP contribution >= 0.6 is 0 Å². The van der Waals surface area contributed by atoms with E-state index in [0.717, 1.165) is 18.7 Å². The minimum absolute atomic E-state index is 0.198. The molecule has 0 radical (unpaired) electrons. The van der Waals surface area contributed by atoms with Gasteiger partial charge in [-0.2, -0.15) is 0 Å². The molecule has 0 spiro atoms. The van der Waals surface area contributed by atoms with Gasteiger partial charge in [0.25, 0.3) is 0 Å². The van der Waals surface area contributed by atoms with Gasteiger partial charge in [0.15, 0.2) is 11.5 Å². The number of nitrogens with zero attached hydrogens (tertiary/aromatic N) is 6. The Bertz CT molecular complexity index is 572. The molecular weight excluding hydrogens is 232 g/mol. The predicted molar refractivity (Wildman–Crippen MR) is 65.5 cm³/mol. The highest BCUT2D eigenvalue weighted by atomic mass is 15.6. The molecule has 1 saturated carbocycles. The van der Waals surface area contributed by atoms with E-state index in [2.05, 4.69) is 25.5 Å². The summed E-state index contributed by atoms with van der Waals surface area (Å²) in [7, 11) is 0. The normalized spacial score (nSPS) is 14.9. The maximum Gasteiger partial charge on any atom is 0.200 e. The van der Waals surface area contributed by atoms with Crippen molar-refractivity contribution in [2.75, 3.05) is 11.4 Å². The van der Waals surface area contributed by atoms with Crippen molar-refractivity contribution in [3.05, 3.63) is 12.1 Å². The molecular formula is C10H14N8. The molecule has 1 fully saturated rings. The lowest BCUT2D eigenvalue weighted by Gasteiger charge is -2.22. The number of aromatic nitrogens is 5. The molecule has 0 aromatic carbocycles. The highest BCUT2D eigenvalue weighted by Gasteiger charge is 2.30. The molecule has 0 bridgehead atoms. The Kier molecular flexibility index (Phi) is 2.54. The van der Waals surface area contributed by atoms with Crippen LogP contribution < -0.4 is 10.6 Å². The molecule has 0 atom stereocenters. The third-order valence-electron chi connectivity index (χ3n) is 2.96. The van der Waals surface area contributed by atoms with Crippen LogP contribution in [0.25, 0.3) is 5.65 Å². The van der Waals surface area contributed by atoms with E-state index in [1.54, 1.807) is 0 Å². The fourth-order valence-corrected chi connectivity index (χ4v) is 1.90. The van der Waals surface area contributed by atoms with Gasteiger partial charge in [0.05, 0.1) is 5.84 Å². The molecule has 1 aliphatic carbocycles. The molecule has 2 aromatic rings. The zero-order valence-electron chi connectivity index (χ0n) is 9.82. The summed E-state index contributed by atoms with van der Waals surface area (Å²) in [6, 6.07) is 4.25. The molecule has 3 N–H and O–H groups in total. The van der Waals surface area contributed by atoms with Crippen LogP contribution in [-0.4, -0.2) is 43.7 Å². The van der Waals surface area contributed by atoms with Crippen LogP contribution in [0, 0.1) is 5.41 Å². The molecule has 18 heavy (non-hydrogen) atoms. The standard InChI is InChI=1S/C10H14N8/c11-8(12)5-6-17(7-1-2-7)10-4-3-9-13-15-16-18(9)14-10/h3-4,7H,1-2,5-6H2,(H3,11,12). The van der Waals surface area contributed by atoms with Gasteiger partial charge in [0.2, 0.25) is 0 Å². The summed E-state index contributed by atoms with van der Waals surface area (Å²) in [6.07, 6.45) is 2.87. The maximum atomic E-state index is 7.31. The van der Waals surface area contributed by atoms with E-state index < -0.39 is 0 Å². The molecule has 0 unspecified atom stereocenters. The second kappa shape index (κ2) is 4.21. The molecule has 2 heterocycles. The zero-order valence-corrected chi connectivity index (χ0v) is 9.82. The monoisotopic (exact) mass is 246 g/mol. The van der Waals surface area contributed by atoms with Crippen LogP contribution in [0.3, 0.4) is 0 Å². The van der Waals surface area contributed by atoms with Crippen LogP contribution in [0.5, 0.6) is 0 Å². The zero-order chi connectivity index (χ0) is 12.5. The number of amidine groups is 1. The lowest BCUT2D eigenvalue weighted by molar-refractivity contribution is 0.701. The summed E-state index contributed by atoms with van der Waals surface area (Å²) >= 11 is 0. The number of nitrogens with one attached hydrogen (secondary N) is 1. The molecule has 8 heteroatoms. The van der Waals surface area contributed by atoms with Gasteiger partial charge in [-0.15, -0.1) is 14.8 Å². The van der Waals surface area contributed by atoms with Crippen LogP contribution in [0.15, 0.2) is 12.1 Å². The first-order valence-electron chi connectivity index (χ1n) is 5.89. The fraction of sp³-hybridized carbons (Fsp3) is 0.500. The third kappa shape index (κ3) is 2.08. The first kappa shape index (κ1) is 10.9. The molecule has 0 aliphatic heterocycles. The number of rotatable bonds is 5. The van der Waals surface area contributed by atoms with Gasteiger partial charge >= 0.3 is 0 Å². The minimum atomic E-state index is 0.198. The van der Waals surface area contributed by atoms with E-state index in [9.17, 15) is 0 Å². The summed E-state index contributed by atoms with van der Waals surface area (Å²) in [5.41, 5.74) is 6.04. The molecule has 1 aliphatic rings. The Balaban J connectivity index is 1.85. The number of hydrogen-bond donors (Lipinski definition) is 2. The van der Waals surface area contributed by atoms with Gasteiger partial charge in [0.1, 0.15) is 0 Å². The third-order valence-corrected chi connectivity index (χ3v) is 2.96. The Morgan fingerprint density at radius 3 is 3.06 bits per heavy atom. The Labute approximate surface area is 103 Å². The predicted octanol–water partition coefficient (Wildman–Crippen LogP) is -0.186. The Morgan fingerprint density at radius 1 is 1.50 bits per heavy atom. The van der Waals surface area contributed by atoms with Crippen molar-refractivity contribution in [2.24, 2.45) is 5.73 Å². The largest absolute Gasteiger partial charge is 0.388 e. The number of hydrogen-bond acceptors (Lipinski definition) is 6. The SMILES string of the molecule is N=C(N)CCN(c1ccc2nnnn2n1)C1CC1. The summed E-state index contributed by atoms with van der Waals surface area (Å²) in [5, 5.41) is 22.9. The average Bonchev–Trinajstić information content (AvgIpc) is 3.07. The molecule has 0 saturated heterocycles. The van der Waals surface area contributed by atoms with E-state index in [-0.39, 0.29) is 5.84 Å². The molecule has 3 rings (SSSR count). The second-order valence-electron chi connectivity index (χ2n) is 4.42. The summed E-state index contributed by atoms with van der Waals surface area (Å²) < 4.78 is 1.42. The number of fused-ring (bicyclic) bond motifs is 1. The van der Waals surface area contributed by atoms with Crippen LogP contribution in [0.4, 0.5) is 5.82 Å². The van der Waals surface area contributed by atoms with E-state index in [4.69, 9.17) is 11.1 Å². The van der Waals surface area contributed by atoms with Crippen LogP contribution in [0.2, 0.25) is 0 Å². The van der Waals surface area contributed by atoms with Crippen molar-refractivity contribution in [2.45, 2.75) is 25.3 Å². The smallest absolute Gasteiger partial charge is 0.200 e. The minimum Gasteiger partial charge on any atom is -0.388 e. The van der Waals surface area contributed by atoms with Gasteiger partial charge < -0.3 is 10.6 Å². The summed E-state index contributed by atoms with van der Waals surface area (Å²) in [6.45, 7) is 0.709. The summed E-state index contributed by atoms with van der Waals surface area (Å²) in [5.74, 6) is 1.03. The number of nitrogens with two attached hydrogens (primary N) is 1. The van der Waals surface area contributed by atoms with Crippen LogP contribution in [-0.2, 0) is 0 Å². The van der Waals surface area contributed by atoms with E-state index in [1.165, 1.54) is 4.63 Å². The van der Waals surface area contributed by atoms with Gasteiger partial charge in [-0.3, -0.25) is 5.41 Å². The van der Waals surface area contributed by atoms with Gasteiger partial charge in [0, 0.05) is 19.0 Å². The van der Waals surface area contributed by atoms with Crippen molar-refractivity contribution < 1.29 is 0 Å². The first-order valence-corrected chi connectivity index (χ1v) is 5.89. The molecule has 8 nitrogen and oxygen atoms in total. The fourth-order valence-electron chi connectivity index (χ4n) is 1.90. The molecule has 94 valence electrons. The van der Waals surface area contributed by atoms with Crippen molar-refractivity contribution in [3.63, 3.8) is 0 Å². The van der Waals surface area contributed by atoms with Gasteiger partial charge in [-0.05, 0) is 35.4 Å². The summed E-state index contributed by atoms with van der Waals surface area (Å²) in [4.78, 5) is 2.17. The Hall–Kier alpha value is -2.25. The lowest BCUT2D eigenvalue weighted by atomic mass is 10.3. The van der Waals surface area contributed by atoms with Crippen molar-refractivity contribution in [3.8, 4) is 0 Å². The van der Waals surface area contributed by atoms with Crippen molar-refractivity contribution in [1.29, 1.82) is 5.41 Å². The molecule has 0 amide bonds. The van der Waals surface area contributed by atoms with Crippen molar-refractivity contribution >= 4 is 17.3 Å². The highest BCUT2D eigenvalue weighted by Crippen LogP contribution is 2.30. The quantitative estimate of drug-likeness (QED) is 0.559. The maximum absolute atomic E-state index is 7.31. The number of tetrazole rings is 1. The van der Waals surface area contributed by atoms with Gasteiger partial charge in [-0.25, -0.2) is 0 Å². The van der Waals surface area contributed by atoms with E-state index in [0.29, 0.717) is 24.7 Å². The Morgan fingerprint density at radius 2 is 2.33 bits per heavy atom. The van der Waals surface area contributed by atoms with E-state index in [1.807, 2.05) is 12.1 Å². The van der Waals surface area contributed by atoms with Gasteiger partial charge in [-0.1, -0.05) is 0 Å².